The van der Waals surface area contributed by atoms with Crippen molar-refractivity contribution < 1.29 is 22.4 Å². The summed E-state index contributed by atoms with van der Waals surface area (Å²) in [7, 11) is -3.99. The first kappa shape index (κ1) is 31.4. The molecule has 11 heteroatoms. The van der Waals surface area contributed by atoms with E-state index >= 15 is 0 Å². The molecule has 1 N–H and O–H groups in total. The number of sulfonamides is 1. The second kappa shape index (κ2) is 14.5. The molecule has 3 aromatic rings. The molecule has 0 fully saturated rings. The monoisotopic (exact) mass is 607 g/mol. The minimum atomic E-state index is -3.99. The summed E-state index contributed by atoms with van der Waals surface area (Å²) in [6, 6.07) is 18.2. The lowest BCUT2D eigenvalue weighted by Gasteiger charge is -2.33. The van der Waals surface area contributed by atoms with Crippen LogP contribution in [-0.2, 0) is 32.6 Å². The lowest BCUT2D eigenvalue weighted by atomic mass is 10.0. The lowest BCUT2D eigenvalue weighted by molar-refractivity contribution is -0.140. The van der Waals surface area contributed by atoms with Gasteiger partial charge in [0.05, 0.1) is 11.9 Å². The van der Waals surface area contributed by atoms with Gasteiger partial charge in [0.1, 0.15) is 18.4 Å². The van der Waals surface area contributed by atoms with Crippen molar-refractivity contribution in [3.8, 4) is 0 Å². The number of hydrogen-bond acceptors (Lipinski definition) is 4. The molecule has 0 aliphatic rings. The van der Waals surface area contributed by atoms with Gasteiger partial charge in [0, 0.05) is 35.1 Å². The van der Waals surface area contributed by atoms with Crippen molar-refractivity contribution >= 4 is 50.7 Å². The zero-order valence-electron chi connectivity index (χ0n) is 22.3. The number of halogens is 3. The first-order chi connectivity index (χ1) is 19.0. The van der Waals surface area contributed by atoms with Gasteiger partial charge in [-0.1, -0.05) is 85.1 Å². The molecule has 0 heterocycles. The predicted molar refractivity (Wildman–Crippen MR) is 157 cm³/mol. The van der Waals surface area contributed by atoms with Crippen LogP contribution in [0.2, 0.25) is 10.0 Å². The van der Waals surface area contributed by atoms with Crippen LogP contribution in [0.25, 0.3) is 0 Å². The molecule has 2 amide bonds. The SMILES string of the molecule is CCCCNC(=O)C(Cc1ccccc1)N(Cc1ccccc1F)C(=O)CN(c1cc(Cl)cc(Cl)c1)S(C)(=O)=O. The summed E-state index contributed by atoms with van der Waals surface area (Å²) in [5, 5.41) is 3.25. The Morgan fingerprint density at radius 1 is 0.975 bits per heavy atom. The number of anilines is 1. The van der Waals surface area contributed by atoms with E-state index in [1.807, 2.05) is 37.3 Å². The second-order valence-corrected chi connectivity index (χ2v) is 12.1. The molecule has 40 heavy (non-hydrogen) atoms. The Bertz CT molecular complexity index is 1400. The normalized spacial score (nSPS) is 12.0. The zero-order valence-corrected chi connectivity index (χ0v) is 24.6. The molecule has 0 saturated carbocycles. The highest BCUT2D eigenvalue weighted by molar-refractivity contribution is 7.92. The topological polar surface area (TPSA) is 86.8 Å². The quantitative estimate of drug-likeness (QED) is 0.262. The minimum Gasteiger partial charge on any atom is -0.354 e. The smallest absolute Gasteiger partial charge is 0.244 e. The van der Waals surface area contributed by atoms with Gasteiger partial charge in [0.2, 0.25) is 21.8 Å². The molecule has 0 radical (unpaired) electrons. The Morgan fingerprint density at radius 2 is 1.60 bits per heavy atom. The molecule has 0 spiro atoms. The maximum absolute atomic E-state index is 14.8. The summed E-state index contributed by atoms with van der Waals surface area (Å²) < 4.78 is 41.3. The molecule has 0 bridgehead atoms. The van der Waals surface area contributed by atoms with Crippen molar-refractivity contribution in [1.29, 1.82) is 0 Å². The zero-order chi connectivity index (χ0) is 29.3. The van der Waals surface area contributed by atoms with E-state index in [1.165, 1.54) is 41.3 Å². The van der Waals surface area contributed by atoms with Crippen LogP contribution >= 0.6 is 23.2 Å². The molecule has 7 nitrogen and oxygen atoms in total. The fourth-order valence-electron chi connectivity index (χ4n) is 4.17. The fraction of sp³-hybridized carbons (Fsp3) is 0.310. The van der Waals surface area contributed by atoms with Gasteiger partial charge in [-0.25, -0.2) is 12.8 Å². The number of nitrogens with zero attached hydrogens (tertiary/aromatic N) is 2. The van der Waals surface area contributed by atoms with Gasteiger partial charge in [-0.2, -0.15) is 0 Å². The molecule has 0 saturated heterocycles. The largest absolute Gasteiger partial charge is 0.354 e. The van der Waals surface area contributed by atoms with Gasteiger partial charge >= 0.3 is 0 Å². The Balaban J connectivity index is 2.06. The second-order valence-electron chi connectivity index (χ2n) is 9.36. The van der Waals surface area contributed by atoms with E-state index in [4.69, 9.17) is 23.2 Å². The number of carbonyl (C=O) groups excluding carboxylic acids is 2. The van der Waals surface area contributed by atoms with Gasteiger partial charge < -0.3 is 10.2 Å². The van der Waals surface area contributed by atoms with Crippen LogP contribution in [0, 0.1) is 5.82 Å². The Kier molecular flexibility index (Phi) is 11.4. The van der Waals surface area contributed by atoms with Crippen molar-refractivity contribution in [3.05, 3.63) is 99.8 Å². The molecule has 1 atom stereocenters. The van der Waals surface area contributed by atoms with E-state index in [0.29, 0.717) is 6.54 Å². The van der Waals surface area contributed by atoms with E-state index in [9.17, 15) is 22.4 Å². The van der Waals surface area contributed by atoms with Crippen LogP contribution in [0.15, 0.2) is 72.8 Å². The highest BCUT2D eigenvalue weighted by Crippen LogP contribution is 2.27. The third-order valence-electron chi connectivity index (χ3n) is 6.21. The third kappa shape index (κ3) is 8.94. The average molecular weight is 609 g/mol. The molecule has 3 aromatic carbocycles. The Morgan fingerprint density at radius 3 is 2.20 bits per heavy atom. The number of unbranched alkanes of at least 4 members (excludes halogenated alkanes) is 1. The Hall–Kier alpha value is -3.14. The predicted octanol–water partition coefficient (Wildman–Crippen LogP) is 5.45. The van der Waals surface area contributed by atoms with Gasteiger partial charge in [-0.15, -0.1) is 0 Å². The highest BCUT2D eigenvalue weighted by atomic mass is 35.5. The summed E-state index contributed by atoms with van der Waals surface area (Å²) in [6.45, 7) is 1.48. The van der Waals surface area contributed by atoms with E-state index in [-0.39, 0.29) is 34.3 Å². The van der Waals surface area contributed by atoms with Gasteiger partial charge in [0.25, 0.3) is 0 Å². The summed E-state index contributed by atoms with van der Waals surface area (Å²) in [5.41, 5.74) is 1.06. The number of amides is 2. The van der Waals surface area contributed by atoms with Crippen molar-refractivity contribution in [1.82, 2.24) is 10.2 Å². The maximum Gasteiger partial charge on any atom is 0.244 e. The number of nitrogens with one attached hydrogen (secondary N) is 1. The van der Waals surface area contributed by atoms with Crippen molar-refractivity contribution in [2.24, 2.45) is 0 Å². The van der Waals surface area contributed by atoms with Crippen LogP contribution in [-0.4, -0.2) is 50.5 Å². The number of benzene rings is 3. The van der Waals surface area contributed by atoms with Gasteiger partial charge in [0.15, 0.2) is 0 Å². The number of hydrogen-bond donors (Lipinski definition) is 1. The molecule has 1 unspecified atom stereocenters. The van der Waals surface area contributed by atoms with E-state index < -0.39 is 40.2 Å². The molecule has 214 valence electrons. The minimum absolute atomic E-state index is 0.0891. The Labute approximate surface area is 244 Å². The first-order valence-electron chi connectivity index (χ1n) is 12.8. The van der Waals surface area contributed by atoms with E-state index in [2.05, 4.69) is 5.32 Å². The van der Waals surface area contributed by atoms with Crippen molar-refractivity contribution in [3.63, 3.8) is 0 Å². The molecule has 0 aromatic heterocycles. The van der Waals surface area contributed by atoms with Crippen LogP contribution in [0.1, 0.15) is 30.9 Å². The summed E-state index contributed by atoms with van der Waals surface area (Å²) in [5.74, 6) is -1.67. The van der Waals surface area contributed by atoms with Crippen LogP contribution in [0.3, 0.4) is 0 Å². The summed E-state index contributed by atoms with van der Waals surface area (Å²) in [6.07, 6.45) is 2.69. The van der Waals surface area contributed by atoms with Crippen LogP contribution < -0.4 is 9.62 Å². The molecule has 0 aliphatic heterocycles. The van der Waals surface area contributed by atoms with E-state index in [1.54, 1.807) is 6.07 Å². The van der Waals surface area contributed by atoms with E-state index in [0.717, 1.165) is 29.0 Å². The summed E-state index contributed by atoms with van der Waals surface area (Å²) in [4.78, 5) is 28.7. The van der Waals surface area contributed by atoms with Crippen molar-refractivity contribution in [2.45, 2.75) is 38.8 Å². The average Bonchev–Trinajstić information content (AvgIpc) is 2.89. The first-order valence-corrected chi connectivity index (χ1v) is 15.4. The van der Waals surface area contributed by atoms with Crippen molar-refractivity contribution in [2.75, 3.05) is 23.7 Å². The standard InChI is InChI=1S/C29H32Cl2FN3O4S/c1-3-4-14-33-29(37)27(15-21-10-6-5-7-11-21)34(19-22-12-8-9-13-26(22)32)28(36)20-35(40(2,38)39)25-17-23(30)16-24(31)18-25/h5-13,16-18,27H,3-4,14-15,19-20H2,1-2H3,(H,33,37). The highest BCUT2D eigenvalue weighted by Gasteiger charge is 2.33. The molecule has 3 rings (SSSR count). The van der Waals surface area contributed by atoms with Crippen LogP contribution in [0.4, 0.5) is 10.1 Å². The third-order valence-corrected chi connectivity index (χ3v) is 7.79. The van der Waals surface area contributed by atoms with Gasteiger partial charge in [-0.05, 0) is 36.2 Å². The molecular weight excluding hydrogens is 576 g/mol. The summed E-state index contributed by atoms with van der Waals surface area (Å²) >= 11 is 12.2. The van der Waals surface area contributed by atoms with Gasteiger partial charge in [-0.3, -0.25) is 13.9 Å². The molecule has 0 aliphatic carbocycles. The maximum atomic E-state index is 14.8. The fourth-order valence-corrected chi connectivity index (χ4v) is 5.52. The number of rotatable bonds is 13. The van der Waals surface area contributed by atoms with Crippen LogP contribution in [0.5, 0.6) is 0 Å². The lowest BCUT2D eigenvalue weighted by Crippen LogP contribution is -2.53. The number of carbonyl (C=O) groups is 2. The molecular formula is C29H32Cl2FN3O4S.